The molecule has 3 heterocycles. The van der Waals surface area contributed by atoms with Crippen molar-refractivity contribution in [1.82, 2.24) is 10.3 Å². The standard InChI is InChI=1S/C27H24N4O4S/c1-16-12-17(2)14-19(13-16)30-26(25(29-27(30)36)21-6-4-5-11-28-21)23-10-9-22(35-23)20-8-7-18(31(32)33)15-24(20)34-3/h4-15,25-26H,1-3H3,(H,29,36)/t25-,26-/m1/s1. The van der Waals surface area contributed by atoms with Gasteiger partial charge in [0, 0.05) is 18.0 Å². The summed E-state index contributed by atoms with van der Waals surface area (Å²) in [6.45, 7) is 4.11. The SMILES string of the molecule is COc1cc([N+](=O)[O-])ccc1-c1ccc([C@@H]2[C@@H](c3ccccn3)NC(=S)N2c2cc(C)cc(C)c2)o1. The molecule has 0 aliphatic carbocycles. The molecule has 182 valence electrons. The quantitative estimate of drug-likeness (QED) is 0.194. The Labute approximate surface area is 213 Å². The topological polar surface area (TPSA) is 93.7 Å². The highest BCUT2D eigenvalue weighted by molar-refractivity contribution is 7.80. The number of nitrogens with one attached hydrogen (secondary N) is 1. The van der Waals surface area contributed by atoms with E-state index in [4.69, 9.17) is 21.4 Å². The lowest BCUT2D eigenvalue weighted by Gasteiger charge is -2.26. The molecule has 2 aromatic carbocycles. The molecule has 1 N–H and O–H groups in total. The molecular weight excluding hydrogens is 476 g/mol. The molecular formula is C27H24N4O4S. The van der Waals surface area contributed by atoms with Crippen LogP contribution in [0.25, 0.3) is 11.3 Å². The second kappa shape index (κ2) is 9.43. The Kier molecular flexibility index (Phi) is 6.15. The maximum absolute atomic E-state index is 11.2. The first-order valence-corrected chi connectivity index (χ1v) is 11.8. The molecule has 0 unspecified atom stereocenters. The zero-order chi connectivity index (χ0) is 25.4. The number of anilines is 1. The Morgan fingerprint density at radius 3 is 2.53 bits per heavy atom. The molecule has 0 saturated carbocycles. The maximum atomic E-state index is 11.2. The van der Waals surface area contributed by atoms with Gasteiger partial charge in [0.2, 0.25) is 0 Å². The van der Waals surface area contributed by atoms with Gasteiger partial charge in [-0.25, -0.2) is 0 Å². The Hall–Kier alpha value is -4.24. The average molecular weight is 501 g/mol. The number of non-ortho nitro benzene ring substituents is 1. The zero-order valence-corrected chi connectivity index (χ0v) is 20.8. The lowest BCUT2D eigenvalue weighted by molar-refractivity contribution is -0.384. The van der Waals surface area contributed by atoms with Crippen molar-refractivity contribution in [1.29, 1.82) is 0 Å². The van der Waals surface area contributed by atoms with E-state index in [9.17, 15) is 10.1 Å². The van der Waals surface area contributed by atoms with E-state index < -0.39 is 4.92 Å². The van der Waals surface area contributed by atoms with E-state index in [1.807, 2.05) is 30.3 Å². The van der Waals surface area contributed by atoms with Gasteiger partial charge in [-0.1, -0.05) is 12.1 Å². The molecule has 1 aliphatic heterocycles. The zero-order valence-electron chi connectivity index (χ0n) is 20.0. The number of rotatable bonds is 6. The maximum Gasteiger partial charge on any atom is 0.273 e. The van der Waals surface area contributed by atoms with Gasteiger partial charge >= 0.3 is 0 Å². The van der Waals surface area contributed by atoms with Crippen LogP contribution in [0, 0.1) is 24.0 Å². The van der Waals surface area contributed by atoms with Crippen LogP contribution in [-0.2, 0) is 0 Å². The number of furan rings is 1. The fourth-order valence-corrected chi connectivity index (χ4v) is 5.01. The Morgan fingerprint density at radius 2 is 1.86 bits per heavy atom. The normalized spacial score (nSPS) is 17.2. The number of pyridine rings is 1. The van der Waals surface area contributed by atoms with Crippen molar-refractivity contribution in [2.75, 3.05) is 12.0 Å². The number of aryl methyl sites for hydroxylation is 2. The third kappa shape index (κ3) is 4.29. The second-order valence-corrected chi connectivity index (χ2v) is 9.07. The fraction of sp³-hybridized carbons (Fsp3) is 0.185. The first-order chi connectivity index (χ1) is 17.4. The summed E-state index contributed by atoms with van der Waals surface area (Å²) in [6.07, 6.45) is 1.76. The third-order valence-electron chi connectivity index (χ3n) is 6.16. The van der Waals surface area contributed by atoms with Gasteiger partial charge in [-0.2, -0.15) is 0 Å². The van der Waals surface area contributed by atoms with Gasteiger partial charge in [0.05, 0.1) is 35.4 Å². The summed E-state index contributed by atoms with van der Waals surface area (Å²) in [6, 6.07) is 19.7. The van der Waals surface area contributed by atoms with E-state index in [1.165, 1.54) is 19.2 Å². The molecule has 36 heavy (non-hydrogen) atoms. The molecule has 8 nitrogen and oxygen atoms in total. The van der Waals surface area contributed by atoms with Crippen LogP contribution in [0.2, 0.25) is 0 Å². The minimum absolute atomic E-state index is 0.0519. The van der Waals surface area contributed by atoms with Gasteiger partial charge in [-0.05, 0) is 79.7 Å². The van der Waals surface area contributed by atoms with Crippen LogP contribution in [-0.4, -0.2) is 22.1 Å². The van der Waals surface area contributed by atoms with Crippen molar-refractivity contribution in [3.8, 4) is 17.1 Å². The van der Waals surface area contributed by atoms with Crippen molar-refractivity contribution >= 4 is 28.7 Å². The Bertz CT molecular complexity index is 1430. The van der Waals surface area contributed by atoms with Crippen molar-refractivity contribution in [2.24, 2.45) is 0 Å². The Morgan fingerprint density at radius 1 is 1.08 bits per heavy atom. The summed E-state index contributed by atoms with van der Waals surface area (Å²) >= 11 is 5.80. The summed E-state index contributed by atoms with van der Waals surface area (Å²) in [5.41, 5.74) is 4.62. The highest BCUT2D eigenvalue weighted by atomic mass is 32.1. The van der Waals surface area contributed by atoms with Crippen molar-refractivity contribution in [3.05, 3.63) is 106 Å². The number of nitro groups is 1. The van der Waals surface area contributed by atoms with Crippen molar-refractivity contribution in [3.63, 3.8) is 0 Å². The smallest absolute Gasteiger partial charge is 0.273 e. The Balaban J connectivity index is 1.61. The monoisotopic (exact) mass is 500 g/mol. The van der Waals surface area contributed by atoms with E-state index in [1.54, 1.807) is 12.3 Å². The molecule has 1 saturated heterocycles. The highest BCUT2D eigenvalue weighted by Gasteiger charge is 2.42. The number of nitro benzene ring substituents is 1. The first kappa shape index (κ1) is 23.5. The molecule has 2 aromatic heterocycles. The molecule has 9 heteroatoms. The van der Waals surface area contributed by atoms with Crippen LogP contribution in [0.3, 0.4) is 0 Å². The number of thiocarbonyl (C=S) groups is 1. The van der Waals surface area contributed by atoms with Crippen LogP contribution >= 0.6 is 12.2 Å². The highest BCUT2D eigenvalue weighted by Crippen LogP contribution is 2.44. The number of hydrogen-bond donors (Lipinski definition) is 1. The predicted molar refractivity (Wildman–Crippen MR) is 141 cm³/mol. The van der Waals surface area contributed by atoms with Crippen molar-refractivity contribution < 1.29 is 14.1 Å². The van der Waals surface area contributed by atoms with Gasteiger partial charge in [0.25, 0.3) is 5.69 Å². The second-order valence-electron chi connectivity index (χ2n) is 8.69. The van der Waals surface area contributed by atoms with Crippen LogP contribution < -0.4 is 15.0 Å². The number of hydrogen-bond acceptors (Lipinski definition) is 6. The average Bonchev–Trinajstić information content (AvgIpc) is 3.48. The van der Waals surface area contributed by atoms with E-state index in [0.29, 0.717) is 27.9 Å². The van der Waals surface area contributed by atoms with E-state index in [-0.39, 0.29) is 17.8 Å². The minimum Gasteiger partial charge on any atom is -0.496 e. The lowest BCUT2D eigenvalue weighted by atomic mass is 10.0. The van der Waals surface area contributed by atoms with Gasteiger partial charge in [-0.15, -0.1) is 0 Å². The third-order valence-corrected chi connectivity index (χ3v) is 6.48. The number of nitrogens with zero attached hydrogens (tertiary/aromatic N) is 3. The van der Waals surface area contributed by atoms with E-state index in [2.05, 4.69) is 47.2 Å². The summed E-state index contributed by atoms with van der Waals surface area (Å²) in [4.78, 5) is 17.4. The lowest BCUT2D eigenvalue weighted by Crippen LogP contribution is -2.29. The molecule has 2 atom stereocenters. The number of benzene rings is 2. The molecule has 4 aromatic rings. The van der Waals surface area contributed by atoms with Crippen molar-refractivity contribution in [2.45, 2.75) is 25.9 Å². The largest absolute Gasteiger partial charge is 0.496 e. The molecule has 1 fully saturated rings. The molecule has 0 spiro atoms. The van der Waals surface area contributed by atoms with Crippen LogP contribution in [0.15, 0.2) is 77.3 Å². The summed E-state index contributed by atoms with van der Waals surface area (Å²) in [7, 11) is 1.48. The van der Waals surface area contributed by atoms with Gasteiger partial charge in [-0.3, -0.25) is 15.1 Å². The molecule has 5 rings (SSSR count). The minimum atomic E-state index is -0.454. The summed E-state index contributed by atoms with van der Waals surface area (Å²) in [5.74, 6) is 1.57. The van der Waals surface area contributed by atoms with Crippen LogP contribution in [0.4, 0.5) is 11.4 Å². The van der Waals surface area contributed by atoms with E-state index in [0.717, 1.165) is 22.5 Å². The predicted octanol–water partition coefficient (Wildman–Crippen LogP) is 6.05. The van der Waals surface area contributed by atoms with Gasteiger partial charge in [0.15, 0.2) is 5.11 Å². The van der Waals surface area contributed by atoms with Gasteiger partial charge in [0.1, 0.15) is 23.3 Å². The van der Waals surface area contributed by atoms with Gasteiger partial charge < -0.3 is 19.4 Å². The van der Waals surface area contributed by atoms with Crippen LogP contribution in [0.5, 0.6) is 5.75 Å². The molecule has 0 amide bonds. The number of aromatic nitrogens is 1. The van der Waals surface area contributed by atoms with Crippen LogP contribution in [0.1, 0.15) is 34.7 Å². The molecule has 0 bridgehead atoms. The number of methoxy groups -OCH3 is 1. The van der Waals surface area contributed by atoms with E-state index >= 15 is 0 Å². The molecule has 1 aliphatic rings. The summed E-state index contributed by atoms with van der Waals surface area (Å²) < 4.78 is 11.8. The molecule has 0 radical (unpaired) electrons. The first-order valence-electron chi connectivity index (χ1n) is 11.4. The number of ether oxygens (including phenoxy) is 1. The summed E-state index contributed by atoms with van der Waals surface area (Å²) in [5, 5.41) is 15.2. The fourth-order valence-electron chi connectivity index (χ4n) is 4.67.